The van der Waals surface area contributed by atoms with E-state index in [1.807, 2.05) is 13.0 Å². The van der Waals surface area contributed by atoms with Gasteiger partial charge in [-0.1, -0.05) is 61.7 Å². The summed E-state index contributed by atoms with van der Waals surface area (Å²) >= 11 is 7.81. The molecule has 3 N–H and O–H groups in total. The molecule has 0 aromatic heterocycles. The van der Waals surface area contributed by atoms with Gasteiger partial charge in [0.1, 0.15) is 48.4 Å². The van der Waals surface area contributed by atoms with E-state index in [0.29, 0.717) is 60.8 Å². The molecule has 0 aromatic carbocycles. The molecule has 0 radical (unpaired) electrons. The van der Waals surface area contributed by atoms with E-state index in [9.17, 15) is 48.6 Å². The van der Waals surface area contributed by atoms with Gasteiger partial charge in [-0.3, -0.25) is 24.5 Å². The molecule has 6 rings (SSSR count). The fraction of sp³-hybridized carbons (Fsp3) is 0.745. The predicted octanol–water partition coefficient (Wildman–Crippen LogP) is 5.87. The van der Waals surface area contributed by atoms with Gasteiger partial charge < -0.3 is 62.9 Å². The molecule has 4 fully saturated rings. The molecule has 6 amide bonds. The van der Waals surface area contributed by atoms with Crippen molar-refractivity contribution in [1.82, 2.24) is 25.1 Å². The number of nitrogens with zero attached hydrogens (tertiary/aromatic N) is 4. The fourth-order valence-corrected chi connectivity index (χ4v) is 12.1. The van der Waals surface area contributed by atoms with E-state index in [0.717, 1.165) is 30.2 Å². The highest BCUT2D eigenvalue weighted by molar-refractivity contribution is 8.13. The average molecular weight is 1170 g/mol. The highest BCUT2D eigenvalue weighted by atomic mass is 35.5. The second kappa shape index (κ2) is 28.8. The molecular weight excluding hydrogens is 1090 g/mol. The van der Waals surface area contributed by atoms with E-state index in [2.05, 4.69) is 12.2 Å². The van der Waals surface area contributed by atoms with Gasteiger partial charge in [0, 0.05) is 91.0 Å². The van der Waals surface area contributed by atoms with Crippen LogP contribution in [0.25, 0.3) is 0 Å². The van der Waals surface area contributed by atoms with Gasteiger partial charge >= 0.3 is 24.1 Å². The summed E-state index contributed by atoms with van der Waals surface area (Å²) in [6.07, 6.45) is 4.43. The van der Waals surface area contributed by atoms with Crippen LogP contribution >= 0.6 is 23.4 Å². The first-order valence-corrected chi connectivity index (χ1v) is 29.1. The van der Waals surface area contributed by atoms with Crippen LogP contribution in [0.2, 0.25) is 0 Å². The lowest BCUT2D eigenvalue weighted by Crippen LogP contribution is -2.64. The van der Waals surface area contributed by atoms with E-state index < -0.39 is 108 Å². The normalized spacial score (nSPS) is 32.1. The van der Waals surface area contributed by atoms with Crippen molar-refractivity contribution in [3.05, 3.63) is 34.6 Å². The highest BCUT2D eigenvalue weighted by Crippen LogP contribution is 2.50. The quantitative estimate of drug-likeness (QED) is 0.0536. The number of hydroxylamine groups is 2. The number of carbonyl (C=O) groups excluding carboxylic acids is 8. The number of alkyl carbamates (subject to hydrolysis) is 1. The van der Waals surface area contributed by atoms with Crippen LogP contribution in [0.15, 0.2) is 34.6 Å². The Morgan fingerprint density at radius 2 is 1.65 bits per heavy atom. The van der Waals surface area contributed by atoms with Gasteiger partial charge in [-0.2, -0.15) is 0 Å². The summed E-state index contributed by atoms with van der Waals surface area (Å²) in [5, 5.41) is 27.0. The maximum absolute atomic E-state index is 14.1. The number of nitrogens with one attached hydrogen (secondary N) is 1. The Bertz CT molecular complexity index is 2340. The molecular formula is C55H82ClN5O18S. The Hall–Kier alpha value is -4.98. The molecule has 6 aliphatic rings. The number of likely N-dealkylation sites (N-methyl/N-ethyl adjacent to an activating group) is 3. The molecule has 1 saturated carbocycles. The standard InChI is InChI=1S/C55H82ClN5O18S/c1-32-13-10-18-42(73-9)55(71)30-41(76-51(68)57-55)33(2)49-54(4,78-49)43(29-37(62)28-36-26-35(25-32)27-40(72-8)48(36)56)77-50(67)34(3)60(7)44(63)21-24-80-53(70)59(6)23-22-58(5)52(69)75-39-16-11-14-38(15-12-17-39)74-31-47(66)79-61-45(64)19-20-46(61)65/h11,16,27,32-34,36-39,41-43,49,62,71H,10,12-15,17-26,28-31H2,1-9H3,(H,57,68)/b16-11+/t32?,33-,34+,36?,37?,38?,39?,41+,42-,43+,49+,54+,55+/m1/s1. The van der Waals surface area contributed by atoms with Crippen molar-refractivity contribution in [3.8, 4) is 0 Å². The van der Waals surface area contributed by atoms with E-state index >= 15 is 0 Å². The summed E-state index contributed by atoms with van der Waals surface area (Å²) < 4.78 is 41.2. The van der Waals surface area contributed by atoms with Gasteiger partial charge in [-0.15, -0.1) is 5.06 Å². The van der Waals surface area contributed by atoms with Crippen LogP contribution in [0.1, 0.15) is 124 Å². The summed E-state index contributed by atoms with van der Waals surface area (Å²) in [7, 11) is 7.64. The zero-order valence-electron chi connectivity index (χ0n) is 47.5. The van der Waals surface area contributed by atoms with Crippen LogP contribution in [-0.2, 0) is 62.0 Å². The van der Waals surface area contributed by atoms with Crippen molar-refractivity contribution in [2.24, 2.45) is 17.8 Å². The van der Waals surface area contributed by atoms with Crippen LogP contribution in [-0.4, -0.2) is 198 Å². The number of allylic oxidation sites excluding steroid dienone is 3. The fourth-order valence-electron chi connectivity index (χ4n) is 11.0. The first-order valence-electron chi connectivity index (χ1n) is 27.7. The molecule has 0 spiro atoms. The maximum Gasteiger partial charge on any atom is 0.410 e. The Labute approximate surface area is 477 Å². The Kier molecular flexibility index (Phi) is 23.1. The number of amides is 6. The number of halogens is 1. The number of ether oxygens (including phenoxy) is 7. The first kappa shape index (κ1) is 64.2. The van der Waals surface area contributed by atoms with E-state index in [1.54, 1.807) is 40.3 Å². The third-order valence-electron chi connectivity index (χ3n) is 16.1. The monoisotopic (exact) mass is 1170 g/mol. The smallest absolute Gasteiger partial charge is 0.410 e. The Morgan fingerprint density at radius 3 is 2.35 bits per heavy atom. The van der Waals surface area contributed by atoms with Crippen LogP contribution in [0.3, 0.4) is 0 Å². The van der Waals surface area contributed by atoms with Crippen LogP contribution in [0.4, 0.5) is 14.4 Å². The number of esters is 1. The molecule has 0 aromatic rings. The summed E-state index contributed by atoms with van der Waals surface area (Å²) in [5.74, 6) is -3.13. The molecule has 3 aliphatic carbocycles. The zero-order chi connectivity index (χ0) is 58.6. The molecule has 25 heteroatoms. The third-order valence-corrected chi connectivity index (χ3v) is 17.6. The zero-order valence-corrected chi connectivity index (χ0v) is 49.1. The average Bonchev–Trinajstić information content (AvgIpc) is 4.24. The van der Waals surface area contributed by atoms with Gasteiger partial charge in [0.15, 0.2) is 5.72 Å². The SMILES string of the molecule is COC1=C(Cl)C2CC(=C1)CC(C)CCC[C@@H](OC)[C@@]1(O)C[C@H](OC(=O)N1)[C@@H](C)[C@@H]1O[C@@]1(C)[C@@H](OC(=O)[C@H](C)N(C)C(=O)CCSC(=O)N(C)CCN(C)C(=O)OC1/C=C/CC(OCC(=O)ON3C(=O)CCC3=O)CCC1)CC(O)C2. The summed E-state index contributed by atoms with van der Waals surface area (Å²) in [6.45, 7) is 7.14. The number of aliphatic hydroxyl groups excluding tert-OH is 1. The molecule has 80 heavy (non-hydrogen) atoms. The van der Waals surface area contributed by atoms with Crippen molar-refractivity contribution in [3.63, 3.8) is 0 Å². The lowest BCUT2D eigenvalue weighted by Gasteiger charge is -2.43. The number of imide groups is 1. The molecule has 5 unspecified atom stereocenters. The number of aliphatic hydroxyl groups is 2. The molecule has 448 valence electrons. The lowest BCUT2D eigenvalue weighted by atomic mass is 9.81. The minimum absolute atomic E-state index is 0.00221. The number of methoxy groups -OCH3 is 2. The topological polar surface area (TPSA) is 279 Å². The van der Waals surface area contributed by atoms with Gasteiger partial charge in [-0.05, 0) is 83.3 Å². The molecule has 23 nitrogen and oxygen atoms in total. The van der Waals surface area contributed by atoms with E-state index in [-0.39, 0.29) is 80.5 Å². The van der Waals surface area contributed by atoms with Crippen molar-refractivity contribution in [2.45, 2.75) is 184 Å². The molecule has 13 atom stereocenters. The largest absolute Gasteiger partial charge is 0.496 e. The molecule has 4 bridgehead atoms. The highest BCUT2D eigenvalue weighted by Gasteiger charge is 2.64. The molecule has 3 saturated heterocycles. The molecule has 3 heterocycles. The second-order valence-corrected chi connectivity index (χ2v) is 23.8. The third kappa shape index (κ3) is 17.1. The minimum Gasteiger partial charge on any atom is -0.496 e. The Morgan fingerprint density at radius 1 is 0.950 bits per heavy atom. The van der Waals surface area contributed by atoms with Crippen molar-refractivity contribution in [1.29, 1.82) is 0 Å². The Balaban J connectivity index is 0.984. The van der Waals surface area contributed by atoms with Crippen molar-refractivity contribution < 1.29 is 86.6 Å². The van der Waals surface area contributed by atoms with E-state index in [4.69, 9.17) is 49.6 Å². The number of hydrogen-bond acceptors (Lipinski definition) is 19. The van der Waals surface area contributed by atoms with E-state index in [1.165, 1.54) is 35.8 Å². The van der Waals surface area contributed by atoms with Gasteiger partial charge in [0.25, 0.3) is 17.1 Å². The molecule has 3 aliphatic heterocycles. The minimum atomic E-state index is -1.74. The van der Waals surface area contributed by atoms with Crippen molar-refractivity contribution >= 4 is 70.4 Å². The maximum atomic E-state index is 14.1. The number of epoxide rings is 1. The summed E-state index contributed by atoms with van der Waals surface area (Å²) in [4.78, 5) is 111. The number of hydrogen-bond donors (Lipinski definition) is 3. The first-order chi connectivity index (χ1) is 37.9. The van der Waals surface area contributed by atoms with Gasteiger partial charge in [-0.25, -0.2) is 19.2 Å². The summed E-state index contributed by atoms with van der Waals surface area (Å²) in [6, 6.07) is -1.09. The second-order valence-electron chi connectivity index (χ2n) is 22.3. The summed E-state index contributed by atoms with van der Waals surface area (Å²) in [5.41, 5.74) is -1.81. The number of thioether (sulfide) groups is 1. The van der Waals surface area contributed by atoms with Gasteiger partial charge in [0.05, 0.1) is 30.5 Å². The number of fused-ring (bicyclic) bond motifs is 5. The van der Waals surface area contributed by atoms with Gasteiger partial charge in [0.2, 0.25) is 5.91 Å². The van der Waals surface area contributed by atoms with Crippen LogP contribution in [0, 0.1) is 17.8 Å². The number of carbonyl (C=O) groups is 8. The lowest BCUT2D eigenvalue weighted by molar-refractivity contribution is -0.201. The predicted molar refractivity (Wildman–Crippen MR) is 290 cm³/mol. The van der Waals surface area contributed by atoms with Crippen molar-refractivity contribution in [2.75, 3.05) is 60.8 Å². The van der Waals surface area contributed by atoms with Crippen LogP contribution in [0.5, 0.6) is 0 Å². The van der Waals surface area contributed by atoms with Crippen LogP contribution < -0.4 is 5.32 Å². The number of rotatable bonds is 16.